The van der Waals surface area contributed by atoms with E-state index in [2.05, 4.69) is 10.0 Å². The van der Waals surface area contributed by atoms with Crippen molar-refractivity contribution in [1.29, 1.82) is 0 Å². The van der Waals surface area contributed by atoms with Crippen molar-refractivity contribution in [2.75, 3.05) is 10.0 Å². The van der Waals surface area contributed by atoms with Gasteiger partial charge < -0.3 is 5.32 Å². The standard InChI is InChI=1S/C22H21FN2O3S/c1-16-5-12-21(13-6-16)29(27,28)25-20-10-8-19(9-11-20)24-22(26)14-7-17-3-2-4-18(23)15-17/h2-6,8-13,15,25H,7,14H2,1H3,(H,24,26). The fourth-order valence-corrected chi connectivity index (χ4v) is 3.79. The third-order valence-corrected chi connectivity index (χ3v) is 5.68. The number of hydrogen-bond donors (Lipinski definition) is 2. The van der Waals surface area contributed by atoms with Crippen LogP contribution in [0.4, 0.5) is 15.8 Å². The Labute approximate surface area is 169 Å². The average molecular weight is 412 g/mol. The maximum Gasteiger partial charge on any atom is 0.261 e. The number of aryl methyl sites for hydroxylation is 2. The fourth-order valence-electron chi connectivity index (χ4n) is 2.73. The van der Waals surface area contributed by atoms with Gasteiger partial charge in [-0.05, 0) is 67.4 Å². The topological polar surface area (TPSA) is 75.3 Å². The van der Waals surface area contributed by atoms with Crippen LogP contribution in [0.25, 0.3) is 0 Å². The van der Waals surface area contributed by atoms with Crippen molar-refractivity contribution < 1.29 is 17.6 Å². The molecule has 2 N–H and O–H groups in total. The molecule has 0 aliphatic heterocycles. The molecular formula is C22H21FN2O3S. The van der Waals surface area contributed by atoms with Crippen LogP contribution < -0.4 is 10.0 Å². The molecule has 3 rings (SSSR count). The lowest BCUT2D eigenvalue weighted by Gasteiger charge is -2.10. The minimum atomic E-state index is -3.68. The maximum absolute atomic E-state index is 13.2. The first-order valence-electron chi connectivity index (χ1n) is 9.06. The Morgan fingerprint density at radius 2 is 1.59 bits per heavy atom. The summed E-state index contributed by atoms with van der Waals surface area (Å²) >= 11 is 0. The van der Waals surface area contributed by atoms with Crippen molar-refractivity contribution in [3.05, 3.63) is 89.7 Å². The van der Waals surface area contributed by atoms with Crippen molar-refractivity contribution in [3.8, 4) is 0 Å². The van der Waals surface area contributed by atoms with Crippen molar-refractivity contribution >= 4 is 27.3 Å². The van der Waals surface area contributed by atoms with E-state index < -0.39 is 10.0 Å². The largest absolute Gasteiger partial charge is 0.326 e. The highest BCUT2D eigenvalue weighted by molar-refractivity contribution is 7.92. The molecule has 0 radical (unpaired) electrons. The van der Waals surface area contributed by atoms with E-state index in [9.17, 15) is 17.6 Å². The van der Waals surface area contributed by atoms with Gasteiger partial charge in [0.25, 0.3) is 10.0 Å². The van der Waals surface area contributed by atoms with Crippen LogP contribution in [0, 0.1) is 12.7 Å². The summed E-state index contributed by atoms with van der Waals surface area (Å²) in [4.78, 5) is 12.3. The molecule has 29 heavy (non-hydrogen) atoms. The summed E-state index contributed by atoms with van der Waals surface area (Å²) < 4.78 is 40.5. The van der Waals surface area contributed by atoms with Crippen molar-refractivity contribution in [1.82, 2.24) is 0 Å². The molecule has 0 aliphatic rings. The number of anilines is 2. The second-order valence-electron chi connectivity index (χ2n) is 6.67. The number of rotatable bonds is 7. The summed E-state index contributed by atoms with van der Waals surface area (Å²) in [6.45, 7) is 1.88. The fraction of sp³-hybridized carbons (Fsp3) is 0.136. The van der Waals surface area contributed by atoms with Crippen LogP contribution in [0.15, 0.2) is 77.7 Å². The van der Waals surface area contributed by atoms with Gasteiger partial charge in [-0.2, -0.15) is 0 Å². The molecule has 3 aromatic carbocycles. The van der Waals surface area contributed by atoms with Gasteiger partial charge in [-0.1, -0.05) is 29.8 Å². The molecule has 5 nitrogen and oxygen atoms in total. The van der Waals surface area contributed by atoms with Crippen LogP contribution in [0.2, 0.25) is 0 Å². The van der Waals surface area contributed by atoms with Crippen LogP contribution in [0.5, 0.6) is 0 Å². The smallest absolute Gasteiger partial charge is 0.261 e. The second-order valence-corrected chi connectivity index (χ2v) is 8.36. The van der Waals surface area contributed by atoms with E-state index in [0.29, 0.717) is 17.8 Å². The van der Waals surface area contributed by atoms with Crippen molar-refractivity contribution in [3.63, 3.8) is 0 Å². The molecule has 0 atom stereocenters. The number of amides is 1. The third kappa shape index (κ3) is 5.89. The average Bonchev–Trinajstić information content (AvgIpc) is 2.68. The third-order valence-electron chi connectivity index (χ3n) is 4.28. The monoisotopic (exact) mass is 412 g/mol. The number of halogens is 1. The molecule has 0 aromatic heterocycles. The predicted octanol–water partition coefficient (Wildman–Crippen LogP) is 4.51. The summed E-state index contributed by atoms with van der Waals surface area (Å²) in [7, 11) is -3.68. The van der Waals surface area contributed by atoms with Crippen LogP contribution in [0.3, 0.4) is 0 Å². The normalized spacial score (nSPS) is 11.1. The van der Waals surface area contributed by atoms with Crippen LogP contribution in [-0.2, 0) is 21.2 Å². The lowest BCUT2D eigenvalue weighted by atomic mass is 10.1. The second kappa shape index (κ2) is 8.87. The zero-order valence-electron chi connectivity index (χ0n) is 15.9. The first kappa shape index (κ1) is 20.5. The van der Waals surface area contributed by atoms with E-state index in [1.165, 1.54) is 12.1 Å². The van der Waals surface area contributed by atoms with Crippen LogP contribution in [-0.4, -0.2) is 14.3 Å². The summed E-state index contributed by atoms with van der Waals surface area (Å²) in [5.74, 6) is -0.533. The molecule has 3 aromatic rings. The Morgan fingerprint density at radius 1 is 0.931 bits per heavy atom. The quantitative estimate of drug-likeness (QED) is 0.600. The Morgan fingerprint density at radius 3 is 2.24 bits per heavy atom. The van der Waals surface area contributed by atoms with Crippen LogP contribution >= 0.6 is 0 Å². The SMILES string of the molecule is Cc1ccc(S(=O)(=O)Nc2ccc(NC(=O)CCc3cccc(F)c3)cc2)cc1. The molecule has 0 fully saturated rings. The first-order valence-corrected chi connectivity index (χ1v) is 10.5. The first-order chi connectivity index (χ1) is 13.8. The van der Waals surface area contributed by atoms with Gasteiger partial charge in [0.15, 0.2) is 0 Å². The van der Waals surface area contributed by atoms with Gasteiger partial charge in [-0.25, -0.2) is 12.8 Å². The van der Waals surface area contributed by atoms with E-state index >= 15 is 0 Å². The molecule has 0 saturated heterocycles. The minimum Gasteiger partial charge on any atom is -0.326 e. The van der Waals surface area contributed by atoms with E-state index in [-0.39, 0.29) is 23.0 Å². The highest BCUT2D eigenvalue weighted by Gasteiger charge is 2.13. The summed E-state index contributed by atoms with van der Waals surface area (Å²) in [6.07, 6.45) is 0.642. The molecule has 7 heteroatoms. The van der Waals surface area contributed by atoms with Crippen molar-refractivity contribution in [2.24, 2.45) is 0 Å². The number of sulfonamides is 1. The van der Waals surface area contributed by atoms with Gasteiger partial charge in [0.1, 0.15) is 5.82 Å². The molecule has 0 saturated carbocycles. The van der Waals surface area contributed by atoms with Crippen LogP contribution in [0.1, 0.15) is 17.5 Å². The molecule has 0 unspecified atom stereocenters. The number of carbonyl (C=O) groups is 1. The van der Waals surface area contributed by atoms with E-state index in [4.69, 9.17) is 0 Å². The maximum atomic E-state index is 13.2. The molecule has 0 heterocycles. The number of carbonyl (C=O) groups excluding carboxylic acids is 1. The Balaban J connectivity index is 1.57. The van der Waals surface area contributed by atoms with Gasteiger partial charge >= 0.3 is 0 Å². The van der Waals surface area contributed by atoms with Gasteiger partial charge in [0, 0.05) is 17.8 Å². The minimum absolute atomic E-state index is 0.179. The zero-order chi connectivity index (χ0) is 20.9. The molecule has 0 aliphatic carbocycles. The summed E-state index contributed by atoms with van der Waals surface area (Å²) in [5, 5.41) is 2.74. The predicted molar refractivity (Wildman–Crippen MR) is 112 cm³/mol. The molecule has 1 amide bonds. The zero-order valence-corrected chi connectivity index (χ0v) is 16.7. The van der Waals surface area contributed by atoms with E-state index in [1.54, 1.807) is 60.7 Å². The highest BCUT2D eigenvalue weighted by atomic mass is 32.2. The number of nitrogens with one attached hydrogen (secondary N) is 2. The Bertz CT molecular complexity index is 1100. The highest BCUT2D eigenvalue weighted by Crippen LogP contribution is 2.19. The van der Waals surface area contributed by atoms with E-state index in [1.807, 2.05) is 6.92 Å². The molecular weight excluding hydrogens is 391 g/mol. The van der Waals surface area contributed by atoms with Gasteiger partial charge in [-0.15, -0.1) is 0 Å². The lowest BCUT2D eigenvalue weighted by Crippen LogP contribution is -2.14. The molecule has 0 bridgehead atoms. The van der Waals surface area contributed by atoms with Crippen molar-refractivity contribution in [2.45, 2.75) is 24.7 Å². The molecule has 150 valence electrons. The Hall–Kier alpha value is -3.19. The summed E-state index contributed by atoms with van der Waals surface area (Å²) in [5.41, 5.74) is 2.67. The lowest BCUT2D eigenvalue weighted by molar-refractivity contribution is -0.116. The molecule has 0 spiro atoms. The summed E-state index contributed by atoms with van der Waals surface area (Å²) in [6, 6.07) is 19.1. The Kier molecular flexibility index (Phi) is 6.29. The van der Waals surface area contributed by atoms with Gasteiger partial charge in [0.05, 0.1) is 4.90 Å². The number of benzene rings is 3. The van der Waals surface area contributed by atoms with Gasteiger partial charge in [-0.3, -0.25) is 9.52 Å². The number of hydrogen-bond acceptors (Lipinski definition) is 3. The van der Waals surface area contributed by atoms with Gasteiger partial charge in [0.2, 0.25) is 5.91 Å². The van der Waals surface area contributed by atoms with E-state index in [0.717, 1.165) is 11.1 Å².